The van der Waals surface area contributed by atoms with E-state index in [9.17, 15) is 0 Å². The van der Waals surface area contributed by atoms with E-state index in [1.54, 1.807) is 0 Å². The number of fused-ring (bicyclic) bond motifs is 1. The van der Waals surface area contributed by atoms with E-state index in [4.69, 9.17) is 21.3 Å². The molecule has 1 aromatic heterocycles. The summed E-state index contributed by atoms with van der Waals surface area (Å²) >= 11 is 6.05. The molecular weight excluding hydrogens is 368 g/mol. The average Bonchev–Trinajstić information content (AvgIpc) is 3.11. The number of hydrogen-bond donors (Lipinski definition) is 0. The van der Waals surface area contributed by atoms with E-state index in [0.717, 1.165) is 52.6 Å². The Labute approximate surface area is 170 Å². The molecule has 0 bridgehead atoms. The van der Waals surface area contributed by atoms with Crippen LogP contribution in [0.15, 0.2) is 72.8 Å². The zero-order chi connectivity index (χ0) is 19.3. The van der Waals surface area contributed by atoms with Crippen molar-refractivity contribution in [2.24, 2.45) is 0 Å². The number of ether oxygens (including phenoxy) is 1. The fourth-order valence-electron chi connectivity index (χ4n) is 3.36. The second kappa shape index (κ2) is 8.49. The van der Waals surface area contributed by atoms with Gasteiger partial charge in [-0.25, -0.2) is 4.98 Å². The molecule has 3 nitrogen and oxygen atoms in total. The Morgan fingerprint density at radius 1 is 0.929 bits per heavy atom. The van der Waals surface area contributed by atoms with Gasteiger partial charge in [-0.1, -0.05) is 42.8 Å². The number of nitrogens with zero attached hydrogens (tertiary/aromatic N) is 2. The first-order valence-corrected chi connectivity index (χ1v) is 10.1. The monoisotopic (exact) mass is 390 g/mol. The molecule has 0 aliphatic heterocycles. The average molecular weight is 391 g/mol. The first-order valence-electron chi connectivity index (χ1n) is 9.67. The molecule has 0 amide bonds. The van der Waals surface area contributed by atoms with E-state index in [2.05, 4.69) is 41.8 Å². The van der Waals surface area contributed by atoms with Gasteiger partial charge in [-0.3, -0.25) is 0 Å². The van der Waals surface area contributed by atoms with Gasteiger partial charge in [-0.05, 0) is 66.9 Å². The van der Waals surface area contributed by atoms with Gasteiger partial charge in [0.25, 0.3) is 0 Å². The van der Waals surface area contributed by atoms with Crippen LogP contribution in [0.1, 0.15) is 18.9 Å². The fourth-order valence-corrected chi connectivity index (χ4v) is 3.48. The molecule has 0 unspecified atom stereocenters. The van der Waals surface area contributed by atoms with Crippen LogP contribution in [0.4, 0.5) is 0 Å². The minimum atomic E-state index is 0.665. The van der Waals surface area contributed by atoms with Gasteiger partial charge < -0.3 is 9.30 Å². The van der Waals surface area contributed by atoms with Crippen LogP contribution in [0, 0.1) is 0 Å². The van der Waals surface area contributed by atoms with Crippen LogP contribution in [0.5, 0.6) is 5.75 Å². The highest BCUT2D eigenvalue weighted by molar-refractivity contribution is 6.30. The molecule has 4 aromatic rings. The summed E-state index contributed by atoms with van der Waals surface area (Å²) in [5.74, 6) is 1.88. The Morgan fingerprint density at radius 2 is 1.68 bits per heavy atom. The molecule has 4 heteroatoms. The predicted octanol–water partition coefficient (Wildman–Crippen LogP) is 6.39. The van der Waals surface area contributed by atoms with E-state index in [1.165, 1.54) is 5.56 Å². The van der Waals surface area contributed by atoms with Crippen molar-refractivity contribution in [1.82, 2.24) is 9.55 Å². The van der Waals surface area contributed by atoms with Gasteiger partial charge in [0.15, 0.2) is 0 Å². The molecule has 4 rings (SSSR count). The predicted molar refractivity (Wildman–Crippen MR) is 116 cm³/mol. The third-order valence-electron chi connectivity index (χ3n) is 4.88. The summed E-state index contributed by atoms with van der Waals surface area (Å²) in [4.78, 5) is 4.85. The van der Waals surface area contributed by atoms with E-state index in [-0.39, 0.29) is 0 Å². The van der Waals surface area contributed by atoms with E-state index >= 15 is 0 Å². The third-order valence-corrected chi connectivity index (χ3v) is 5.14. The lowest BCUT2D eigenvalue weighted by molar-refractivity contribution is 0.303. The SMILES string of the molecule is CCc1ccc(OCCCn2c(-c3ccc(Cl)cc3)nc3ccccc32)cc1. The molecule has 0 aliphatic carbocycles. The summed E-state index contributed by atoms with van der Waals surface area (Å²) in [6.45, 7) is 3.66. The number of halogens is 1. The van der Waals surface area contributed by atoms with Crippen molar-refractivity contribution >= 4 is 22.6 Å². The van der Waals surface area contributed by atoms with Crippen molar-refractivity contribution in [1.29, 1.82) is 0 Å². The molecule has 0 fully saturated rings. The molecular formula is C24H23ClN2O. The largest absolute Gasteiger partial charge is 0.494 e. The van der Waals surface area contributed by atoms with Crippen molar-refractivity contribution in [2.45, 2.75) is 26.3 Å². The normalized spacial score (nSPS) is 11.1. The highest BCUT2D eigenvalue weighted by Gasteiger charge is 2.12. The molecule has 1 heterocycles. The molecule has 0 spiro atoms. The van der Waals surface area contributed by atoms with Crippen molar-refractivity contribution in [3.8, 4) is 17.1 Å². The van der Waals surface area contributed by atoms with Gasteiger partial charge in [0.05, 0.1) is 17.6 Å². The van der Waals surface area contributed by atoms with E-state index in [1.807, 2.05) is 42.5 Å². The maximum atomic E-state index is 6.05. The van der Waals surface area contributed by atoms with Crippen molar-refractivity contribution in [3.05, 3.63) is 83.4 Å². The molecule has 142 valence electrons. The molecule has 0 atom stereocenters. The second-order valence-corrected chi connectivity index (χ2v) is 7.22. The highest BCUT2D eigenvalue weighted by atomic mass is 35.5. The first-order chi connectivity index (χ1) is 13.7. The maximum Gasteiger partial charge on any atom is 0.141 e. The first kappa shape index (κ1) is 18.6. The number of aryl methyl sites for hydroxylation is 2. The Hall–Kier alpha value is -2.78. The summed E-state index contributed by atoms with van der Waals surface area (Å²) in [5, 5.41) is 0.730. The number of para-hydroxylation sites is 2. The zero-order valence-electron chi connectivity index (χ0n) is 15.9. The van der Waals surface area contributed by atoms with Crippen molar-refractivity contribution in [2.75, 3.05) is 6.61 Å². The number of aromatic nitrogens is 2. The molecule has 0 radical (unpaired) electrons. The summed E-state index contributed by atoms with van der Waals surface area (Å²) in [5.41, 5.74) is 4.53. The summed E-state index contributed by atoms with van der Waals surface area (Å²) in [7, 11) is 0. The van der Waals surface area contributed by atoms with Crippen LogP contribution in [-0.4, -0.2) is 16.2 Å². The molecule has 0 N–H and O–H groups in total. The van der Waals surface area contributed by atoms with Crippen molar-refractivity contribution in [3.63, 3.8) is 0 Å². The van der Waals surface area contributed by atoms with Crippen LogP contribution < -0.4 is 4.74 Å². The molecule has 0 aliphatic rings. The van der Waals surface area contributed by atoms with Gasteiger partial charge in [0, 0.05) is 17.1 Å². The van der Waals surface area contributed by atoms with Gasteiger partial charge in [0.2, 0.25) is 0 Å². The van der Waals surface area contributed by atoms with Gasteiger partial charge in [0.1, 0.15) is 11.6 Å². The quantitative estimate of drug-likeness (QED) is 0.342. The van der Waals surface area contributed by atoms with Crippen LogP contribution in [0.25, 0.3) is 22.4 Å². The highest BCUT2D eigenvalue weighted by Crippen LogP contribution is 2.26. The Kier molecular flexibility index (Phi) is 5.63. The third kappa shape index (κ3) is 4.05. The van der Waals surface area contributed by atoms with Crippen LogP contribution in [0.2, 0.25) is 5.02 Å². The molecule has 28 heavy (non-hydrogen) atoms. The Balaban J connectivity index is 1.50. The summed E-state index contributed by atoms with van der Waals surface area (Å²) < 4.78 is 8.19. The standard InChI is InChI=1S/C24H23ClN2O/c1-2-18-8-14-21(15-9-18)28-17-5-16-27-23-7-4-3-6-22(23)26-24(27)19-10-12-20(25)13-11-19/h3-4,6-15H,2,5,16-17H2,1H3. The molecule has 0 saturated carbocycles. The van der Waals surface area contributed by atoms with Crippen LogP contribution in [0.3, 0.4) is 0 Å². The van der Waals surface area contributed by atoms with Gasteiger partial charge >= 0.3 is 0 Å². The maximum absolute atomic E-state index is 6.05. The minimum Gasteiger partial charge on any atom is -0.494 e. The second-order valence-electron chi connectivity index (χ2n) is 6.78. The molecule has 0 saturated heterocycles. The smallest absolute Gasteiger partial charge is 0.141 e. The van der Waals surface area contributed by atoms with Gasteiger partial charge in [-0.15, -0.1) is 0 Å². The zero-order valence-corrected chi connectivity index (χ0v) is 16.7. The lowest BCUT2D eigenvalue weighted by Crippen LogP contribution is -2.06. The number of imidazole rings is 1. The minimum absolute atomic E-state index is 0.665. The summed E-state index contributed by atoms with van der Waals surface area (Å²) in [6, 6.07) is 24.4. The number of rotatable bonds is 7. The fraction of sp³-hybridized carbons (Fsp3) is 0.208. The van der Waals surface area contributed by atoms with Crippen molar-refractivity contribution < 1.29 is 4.74 Å². The topological polar surface area (TPSA) is 27.1 Å². The van der Waals surface area contributed by atoms with Crippen LogP contribution >= 0.6 is 11.6 Å². The lowest BCUT2D eigenvalue weighted by Gasteiger charge is -2.11. The Morgan fingerprint density at radius 3 is 2.43 bits per heavy atom. The number of hydrogen-bond acceptors (Lipinski definition) is 2. The van der Waals surface area contributed by atoms with E-state index in [0.29, 0.717) is 6.61 Å². The lowest BCUT2D eigenvalue weighted by atomic mass is 10.2. The molecule has 3 aromatic carbocycles. The van der Waals surface area contributed by atoms with Gasteiger partial charge in [-0.2, -0.15) is 0 Å². The van der Waals surface area contributed by atoms with Crippen LogP contribution in [-0.2, 0) is 13.0 Å². The number of benzene rings is 3. The van der Waals surface area contributed by atoms with E-state index < -0.39 is 0 Å². The Bertz CT molecular complexity index is 1050. The summed E-state index contributed by atoms with van der Waals surface area (Å²) in [6.07, 6.45) is 1.94.